The summed E-state index contributed by atoms with van der Waals surface area (Å²) >= 11 is 0. The summed E-state index contributed by atoms with van der Waals surface area (Å²) in [6, 6.07) is 7.38. The standard InChI is InChI=1S/C20H29N3O5/c1-14-7-5-6-8-16(14)27-13-17(24)21-22-18(25)15-9-11-23(12-10-15)19(26)28-20(2,3)4/h5-8,15H,9-13H2,1-4H3,(H,21,24)(H,22,25). The third kappa shape index (κ3) is 6.75. The summed E-state index contributed by atoms with van der Waals surface area (Å²) in [5.74, 6) is -0.356. The Bertz CT molecular complexity index is 706. The molecule has 154 valence electrons. The molecule has 3 amide bonds. The number of amides is 3. The fourth-order valence-corrected chi connectivity index (χ4v) is 2.78. The number of hydrazine groups is 1. The van der Waals surface area contributed by atoms with Crippen molar-refractivity contribution in [2.24, 2.45) is 5.92 Å². The summed E-state index contributed by atoms with van der Waals surface area (Å²) in [4.78, 5) is 37.8. The van der Waals surface area contributed by atoms with Gasteiger partial charge in [0.05, 0.1) is 0 Å². The first-order chi connectivity index (χ1) is 13.2. The quantitative estimate of drug-likeness (QED) is 0.767. The predicted octanol–water partition coefficient (Wildman–Crippen LogP) is 2.17. The molecule has 1 aliphatic rings. The van der Waals surface area contributed by atoms with Crippen LogP contribution in [-0.4, -0.2) is 48.1 Å². The van der Waals surface area contributed by atoms with E-state index in [0.29, 0.717) is 31.7 Å². The molecule has 0 atom stereocenters. The first kappa shape index (κ1) is 21.5. The largest absolute Gasteiger partial charge is 0.483 e. The minimum Gasteiger partial charge on any atom is -0.483 e. The van der Waals surface area contributed by atoms with Gasteiger partial charge >= 0.3 is 6.09 Å². The third-order valence-electron chi connectivity index (χ3n) is 4.29. The van der Waals surface area contributed by atoms with Gasteiger partial charge in [0.1, 0.15) is 11.4 Å². The molecule has 1 saturated heterocycles. The Labute approximate surface area is 165 Å². The Morgan fingerprint density at radius 2 is 1.75 bits per heavy atom. The van der Waals surface area contributed by atoms with Crippen molar-refractivity contribution in [2.45, 2.75) is 46.1 Å². The highest BCUT2D eigenvalue weighted by molar-refractivity contribution is 5.84. The summed E-state index contributed by atoms with van der Waals surface area (Å²) in [6.07, 6.45) is 0.662. The number of piperidine rings is 1. The van der Waals surface area contributed by atoms with E-state index in [4.69, 9.17) is 9.47 Å². The number of aryl methyl sites for hydroxylation is 1. The van der Waals surface area contributed by atoms with E-state index in [1.165, 1.54) is 0 Å². The molecule has 1 heterocycles. The predicted molar refractivity (Wildman–Crippen MR) is 103 cm³/mol. The minimum absolute atomic E-state index is 0.192. The highest BCUT2D eigenvalue weighted by atomic mass is 16.6. The molecule has 8 nitrogen and oxygen atoms in total. The molecule has 1 fully saturated rings. The number of nitrogens with one attached hydrogen (secondary N) is 2. The number of para-hydroxylation sites is 1. The Hall–Kier alpha value is -2.77. The van der Waals surface area contributed by atoms with Gasteiger partial charge in [-0.05, 0) is 52.2 Å². The number of hydrogen-bond donors (Lipinski definition) is 2. The molecule has 0 spiro atoms. The first-order valence-corrected chi connectivity index (χ1v) is 9.41. The Morgan fingerprint density at radius 3 is 2.36 bits per heavy atom. The van der Waals surface area contributed by atoms with Gasteiger partial charge in [-0.2, -0.15) is 0 Å². The van der Waals surface area contributed by atoms with E-state index in [2.05, 4.69) is 10.9 Å². The van der Waals surface area contributed by atoms with Crippen LogP contribution >= 0.6 is 0 Å². The van der Waals surface area contributed by atoms with Crippen LogP contribution in [0.15, 0.2) is 24.3 Å². The van der Waals surface area contributed by atoms with E-state index >= 15 is 0 Å². The molecule has 0 saturated carbocycles. The third-order valence-corrected chi connectivity index (χ3v) is 4.29. The van der Waals surface area contributed by atoms with Gasteiger partial charge in [-0.15, -0.1) is 0 Å². The molecular formula is C20H29N3O5. The van der Waals surface area contributed by atoms with Crippen LogP contribution in [0, 0.1) is 12.8 Å². The number of rotatable bonds is 4. The molecule has 2 N–H and O–H groups in total. The Balaban J connectivity index is 1.69. The fraction of sp³-hybridized carbons (Fsp3) is 0.550. The zero-order chi connectivity index (χ0) is 20.7. The lowest BCUT2D eigenvalue weighted by Crippen LogP contribution is -2.49. The number of hydrogen-bond acceptors (Lipinski definition) is 5. The van der Waals surface area contributed by atoms with Crippen LogP contribution in [0.2, 0.25) is 0 Å². The summed E-state index contributed by atoms with van der Waals surface area (Å²) in [6.45, 7) is 8.03. The lowest BCUT2D eigenvalue weighted by atomic mass is 9.96. The molecule has 1 aromatic rings. The lowest BCUT2D eigenvalue weighted by molar-refractivity contribution is -0.133. The molecule has 28 heavy (non-hydrogen) atoms. The van der Waals surface area contributed by atoms with Crippen molar-refractivity contribution in [3.05, 3.63) is 29.8 Å². The highest BCUT2D eigenvalue weighted by Gasteiger charge is 2.30. The van der Waals surface area contributed by atoms with Crippen molar-refractivity contribution in [3.8, 4) is 5.75 Å². The highest BCUT2D eigenvalue weighted by Crippen LogP contribution is 2.20. The molecule has 8 heteroatoms. The van der Waals surface area contributed by atoms with Crippen LogP contribution in [0.4, 0.5) is 4.79 Å². The van der Waals surface area contributed by atoms with Crippen LogP contribution in [0.25, 0.3) is 0 Å². The number of carbonyl (C=O) groups excluding carboxylic acids is 3. The first-order valence-electron chi connectivity index (χ1n) is 9.41. The molecule has 1 aliphatic heterocycles. The number of carbonyl (C=O) groups is 3. The van der Waals surface area contributed by atoms with Crippen molar-refractivity contribution in [2.75, 3.05) is 19.7 Å². The monoisotopic (exact) mass is 391 g/mol. The average molecular weight is 391 g/mol. The Kier molecular flexibility index (Phi) is 7.25. The van der Waals surface area contributed by atoms with Gasteiger partial charge in [0, 0.05) is 19.0 Å². The van der Waals surface area contributed by atoms with Crippen molar-refractivity contribution < 1.29 is 23.9 Å². The second kappa shape index (κ2) is 9.43. The van der Waals surface area contributed by atoms with Gasteiger partial charge in [0.25, 0.3) is 5.91 Å². The number of likely N-dealkylation sites (tertiary alicyclic amines) is 1. The van der Waals surface area contributed by atoms with Crippen molar-refractivity contribution >= 4 is 17.9 Å². The minimum atomic E-state index is -0.546. The van der Waals surface area contributed by atoms with Crippen LogP contribution in [0.1, 0.15) is 39.2 Å². The van der Waals surface area contributed by atoms with E-state index in [-0.39, 0.29) is 24.5 Å². The zero-order valence-electron chi connectivity index (χ0n) is 16.9. The van der Waals surface area contributed by atoms with E-state index < -0.39 is 11.5 Å². The van der Waals surface area contributed by atoms with E-state index in [1.807, 2.05) is 45.9 Å². The second-order valence-corrected chi connectivity index (χ2v) is 7.83. The summed E-state index contributed by atoms with van der Waals surface area (Å²) < 4.78 is 10.8. The smallest absolute Gasteiger partial charge is 0.410 e. The maximum absolute atomic E-state index is 12.2. The average Bonchev–Trinajstić information content (AvgIpc) is 2.64. The van der Waals surface area contributed by atoms with Gasteiger partial charge < -0.3 is 14.4 Å². The maximum Gasteiger partial charge on any atom is 0.410 e. The van der Waals surface area contributed by atoms with Gasteiger partial charge in [0.15, 0.2) is 6.61 Å². The molecule has 1 aromatic carbocycles. The molecule has 0 bridgehead atoms. The lowest BCUT2D eigenvalue weighted by Gasteiger charge is -2.32. The number of nitrogens with zero attached hydrogens (tertiary/aromatic N) is 1. The van der Waals surface area contributed by atoms with Gasteiger partial charge in [-0.3, -0.25) is 20.4 Å². The van der Waals surface area contributed by atoms with Crippen molar-refractivity contribution in [3.63, 3.8) is 0 Å². The van der Waals surface area contributed by atoms with Gasteiger partial charge in [-0.25, -0.2) is 4.79 Å². The van der Waals surface area contributed by atoms with Crippen LogP contribution < -0.4 is 15.6 Å². The van der Waals surface area contributed by atoms with Crippen molar-refractivity contribution in [1.82, 2.24) is 15.8 Å². The molecule has 0 aromatic heterocycles. The van der Waals surface area contributed by atoms with Crippen LogP contribution in [0.5, 0.6) is 5.75 Å². The zero-order valence-corrected chi connectivity index (χ0v) is 16.9. The van der Waals surface area contributed by atoms with Crippen LogP contribution in [0.3, 0.4) is 0 Å². The molecule has 0 aliphatic carbocycles. The molecule has 0 unspecified atom stereocenters. The number of benzene rings is 1. The molecule has 2 rings (SSSR count). The summed E-state index contributed by atoms with van der Waals surface area (Å²) in [7, 11) is 0. The van der Waals surface area contributed by atoms with Gasteiger partial charge in [0.2, 0.25) is 5.91 Å². The number of ether oxygens (including phenoxy) is 2. The molecular weight excluding hydrogens is 362 g/mol. The Morgan fingerprint density at radius 1 is 1.11 bits per heavy atom. The fourth-order valence-electron chi connectivity index (χ4n) is 2.78. The van der Waals surface area contributed by atoms with Crippen LogP contribution in [-0.2, 0) is 14.3 Å². The summed E-state index contributed by atoms with van der Waals surface area (Å²) in [5, 5.41) is 0. The maximum atomic E-state index is 12.2. The van der Waals surface area contributed by atoms with E-state index in [1.54, 1.807) is 11.0 Å². The van der Waals surface area contributed by atoms with Gasteiger partial charge in [-0.1, -0.05) is 18.2 Å². The van der Waals surface area contributed by atoms with Crippen molar-refractivity contribution in [1.29, 1.82) is 0 Å². The SMILES string of the molecule is Cc1ccccc1OCC(=O)NNC(=O)C1CCN(C(=O)OC(C)(C)C)CC1. The van der Waals surface area contributed by atoms with E-state index in [0.717, 1.165) is 5.56 Å². The second-order valence-electron chi connectivity index (χ2n) is 7.83. The molecule has 0 radical (unpaired) electrons. The topological polar surface area (TPSA) is 97.0 Å². The normalized spacial score (nSPS) is 14.9. The van der Waals surface area contributed by atoms with E-state index in [9.17, 15) is 14.4 Å². The summed E-state index contributed by atoms with van der Waals surface area (Å²) in [5.41, 5.74) is 5.18.